The lowest BCUT2D eigenvalue weighted by atomic mass is 9.98. The number of hydrogen-bond acceptors (Lipinski definition) is 5. The van der Waals surface area contributed by atoms with E-state index >= 15 is 4.39 Å². The van der Waals surface area contributed by atoms with Gasteiger partial charge in [-0.3, -0.25) is 4.79 Å². The highest BCUT2D eigenvalue weighted by atomic mass is 19.1. The number of aromatic nitrogens is 1. The predicted molar refractivity (Wildman–Crippen MR) is 112 cm³/mol. The minimum atomic E-state index is -1.43. The summed E-state index contributed by atoms with van der Waals surface area (Å²) in [5, 5.41) is 12.8. The minimum absolute atomic E-state index is 0.0625. The van der Waals surface area contributed by atoms with E-state index in [-0.39, 0.29) is 28.9 Å². The number of carbonyl (C=O) groups is 1. The van der Waals surface area contributed by atoms with E-state index in [4.69, 9.17) is 4.74 Å². The summed E-state index contributed by atoms with van der Waals surface area (Å²) >= 11 is 0. The molecule has 1 saturated heterocycles. The molecule has 3 aliphatic rings. The molecule has 3 heterocycles. The maximum atomic E-state index is 15.3. The van der Waals surface area contributed by atoms with Crippen molar-refractivity contribution in [2.45, 2.75) is 31.8 Å². The largest absolute Gasteiger partial charge is 0.487 e. The average molecular weight is 433 g/mol. The van der Waals surface area contributed by atoms with Crippen LogP contribution in [0.3, 0.4) is 0 Å². The molecule has 0 bridgehead atoms. The van der Waals surface area contributed by atoms with Crippen molar-refractivity contribution in [1.29, 1.82) is 0 Å². The van der Waals surface area contributed by atoms with Crippen LogP contribution in [-0.2, 0) is 0 Å². The van der Waals surface area contributed by atoms with Crippen LogP contribution in [0.15, 0.2) is 17.1 Å². The van der Waals surface area contributed by atoms with Gasteiger partial charge in [-0.2, -0.15) is 0 Å². The number of pyridine rings is 1. The Kier molecular flexibility index (Phi) is 4.88. The van der Waals surface area contributed by atoms with Gasteiger partial charge in [0.2, 0.25) is 5.43 Å². The Morgan fingerprint density at radius 1 is 1.35 bits per heavy atom. The first-order valence-corrected chi connectivity index (χ1v) is 10.7. The molecule has 3 atom stereocenters. The molecule has 0 amide bonds. The zero-order chi connectivity index (χ0) is 21.9. The first kappa shape index (κ1) is 20.2. The van der Waals surface area contributed by atoms with E-state index in [9.17, 15) is 19.1 Å². The van der Waals surface area contributed by atoms with E-state index in [0.29, 0.717) is 31.0 Å². The molecule has 1 aromatic carbocycles. The summed E-state index contributed by atoms with van der Waals surface area (Å²) in [6, 6.07) is 0.891. The van der Waals surface area contributed by atoms with Crippen LogP contribution in [0.5, 0.6) is 5.75 Å². The first-order chi connectivity index (χ1) is 14.9. The fourth-order valence-electron chi connectivity index (χ4n) is 4.78. The van der Waals surface area contributed by atoms with Gasteiger partial charge >= 0.3 is 5.97 Å². The van der Waals surface area contributed by atoms with E-state index in [0.717, 1.165) is 18.8 Å². The normalized spacial score (nSPS) is 25.1. The number of carboxylic acids is 1. The van der Waals surface area contributed by atoms with E-state index in [1.54, 1.807) is 0 Å². The summed E-state index contributed by atoms with van der Waals surface area (Å²) in [7, 11) is 0. The Hall–Kier alpha value is -2.68. The van der Waals surface area contributed by atoms with Crippen LogP contribution in [-0.4, -0.2) is 54.6 Å². The molecular weight excluding hydrogens is 408 g/mol. The van der Waals surface area contributed by atoms with Gasteiger partial charge in [0, 0.05) is 31.9 Å². The number of rotatable bonds is 6. The SMILES string of the molecule is C[C@H]1CN(c2c(F)cc3c(=O)c(C(=O)O)cn4c3c2OC[C@@H]4CF)C[C@@H]1CNC1CC1. The molecule has 0 spiro atoms. The first-order valence-electron chi connectivity index (χ1n) is 10.7. The van der Waals surface area contributed by atoms with Crippen LogP contribution < -0.4 is 20.4 Å². The quantitative estimate of drug-likeness (QED) is 0.729. The lowest BCUT2D eigenvalue weighted by Crippen LogP contribution is -2.32. The third-order valence-corrected chi connectivity index (χ3v) is 6.75. The molecule has 31 heavy (non-hydrogen) atoms. The van der Waals surface area contributed by atoms with Gasteiger partial charge in [-0.05, 0) is 30.7 Å². The van der Waals surface area contributed by atoms with Crippen LogP contribution in [0.2, 0.25) is 0 Å². The minimum Gasteiger partial charge on any atom is -0.487 e. The number of aromatic carboxylic acids is 1. The van der Waals surface area contributed by atoms with E-state index in [1.807, 2.05) is 4.90 Å². The van der Waals surface area contributed by atoms with Crippen LogP contribution >= 0.6 is 0 Å². The van der Waals surface area contributed by atoms with Crippen molar-refractivity contribution in [2.75, 3.05) is 37.8 Å². The van der Waals surface area contributed by atoms with Crippen molar-refractivity contribution >= 4 is 22.6 Å². The number of carboxylic acid groups (broad SMARTS) is 1. The van der Waals surface area contributed by atoms with Gasteiger partial charge in [0.05, 0.1) is 16.9 Å². The average Bonchev–Trinajstić information content (AvgIpc) is 3.50. The number of nitrogens with zero attached hydrogens (tertiary/aromatic N) is 2. The highest BCUT2D eigenvalue weighted by molar-refractivity contribution is 5.97. The smallest absolute Gasteiger partial charge is 0.341 e. The molecule has 0 unspecified atom stereocenters. The number of hydrogen-bond donors (Lipinski definition) is 2. The Balaban J connectivity index is 1.61. The van der Waals surface area contributed by atoms with Crippen molar-refractivity contribution in [1.82, 2.24) is 9.88 Å². The van der Waals surface area contributed by atoms with Crippen LogP contribution in [0.1, 0.15) is 36.2 Å². The molecule has 1 aromatic heterocycles. The van der Waals surface area contributed by atoms with Gasteiger partial charge in [0.1, 0.15) is 24.5 Å². The summed E-state index contributed by atoms with van der Waals surface area (Å²) in [6.45, 7) is 3.43. The maximum absolute atomic E-state index is 15.3. The van der Waals surface area contributed by atoms with Gasteiger partial charge in [0.25, 0.3) is 0 Å². The zero-order valence-electron chi connectivity index (χ0n) is 17.2. The third-order valence-electron chi connectivity index (χ3n) is 6.75. The van der Waals surface area contributed by atoms with Crippen molar-refractivity contribution in [3.8, 4) is 5.75 Å². The Morgan fingerprint density at radius 3 is 2.81 bits per heavy atom. The second-order valence-corrected chi connectivity index (χ2v) is 8.96. The monoisotopic (exact) mass is 433 g/mol. The molecule has 5 rings (SSSR count). The van der Waals surface area contributed by atoms with Crippen molar-refractivity contribution < 1.29 is 23.4 Å². The van der Waals surface area contributed by atoms with Crippen LogP contribution in [0.25, 0.3) is 10.9 Å². The van der Waals surface area contributed by atoms with Gasteiger partial charge < -0.3 is 24.6 Å². The van der Waals surface area contributed by atoms with Gasteiger partial charge in [-0.25, -0.2) is 13.6 Å². The van der Waals surface area contributed by atoms with Gasteiger partial charge in [-0.1, -0.05) is 6.92 Å². The summed E-state index contributed by atoms with van der Waals surface area (Å²) in [4.78, 5) is 26.2. The van der Waals surface area contributed by atoms with Crippen LogP contribution in [0.4, 0.5) is 14.5 Å². The lowest BCUT2D eigenvalue weighted by Gasteiger charge is -2.31. The lowest BCUT2D eigenvalue weighted by molar-refractivity contribution is 0.0694. The number of anilines is 1. The zero-order valence-corrected chi connectivity index (χ0v) is 17.2. The van der Waals surface area contributed by atoms with Gasteiger partial charge in [-0.15, -0.1) is 0 Å². The van der Waals surface area contributed by atoms with Crippen molar-refractivity contribution in [3.05, 3.63) is 33.9 Å². The summed E-state index contributed by atoms with van der Waals surface area (Å²) in [6.07, 6.45) is 3.56. The number of halogens is 2. The Bertz CT molecular complexity index is 1110. The Labute approximate surface area is 177 Å². The molecule has 166 valence electrons. The van der Waals surface area contributed by atoms with Crippen molar-refractivity contribution in [2.24, 2.45) is 11.8 Å². The maximum Gasteiger partial charge on any atom is 0.341 e. The molecule has 1 saturated carbocycles. The Morgan fingerprint density at radius 2 is 2.13 bits per heavy atom. The predicted octanol–water partition coefficient (Wildman–Crippen LogP) is 2.57. The topological polar surface area (TPSA) is 83.8 Å². The third kappa shape index (κ3) is 3.35. The molecule has 1 aliphatic carbocycles. The highest BCUT2D eigenvalue weighted by Crippen LogP contribution is 2.44. The van der Waals surface area contributed by atoms with E-state index in [1.165, 1.54) is 17.4 Å². The standard InChI is InChI=1S/C22H25F2N3O4/c1-11-7-26(8-12(11)6-25-13-2-3-13)19-17(24)4-15-18-21(19)31-10-14(5-23)27(18)9-16(20(15)28)22(29)30/h4,9,11-14,25H,2-3,5-8,10H2,1H3,(H,29,30)/t11-,12-,14-/m0/s1. The molecule has 0 radical (unpaired) electrons. The van der Waals surface area contributed by atoms with Gasteiger partial charge in [0.15, 0.2) is 11.6 Å². The fraction of sp³-hybridized carbons (Fsp3) is 0.545. The second kappa shape index (κ2) is 7.47. The summed E-state index contributed by atoms with van der Waals surface area (Å²) < 4.78 is 36.2. The second-order valence-electron chi connectivity index (χ2n) is 8.96. The molecule has 9 heteroatoms. The van der Waals surface area contributed by atoms with Crippen LogP contribution in [0, 0.1) is 17.7 Å². The molecule has 2 aliphatic heterocycles. The molecule has 2 aromatic rings. The molecular formula is C22H25F2N3O4. The number of benzene rings is 1. The summed E-state index contributed by atoms with van der Waals surface area (Å²) in [5.74, 6) is -1.17. The number of ether oxygens (including phenoxy) is 1. The van der Waals surface area contributed by atoms with Crippen molar-refractivity contribution in [3.63, 3.8) is 0 Å². The summed E-state index contributed by atoms with van der Waals surface area (Å²) in [5.41, 5.74) is -0.781. The van der Waals surface area contributed by atoms with E-state index in [2.05, 4.69) is 12.2 Å². The molecule has 2 fully saturated rings. The van der Waals surface area contributed by atoms with E-state index < -0.39 is 35.5 Å². The highest BCUT2D eigenvalue weighted by Gasteiger charge is 2.37. The number of nitrogens with one attached hydrogen (secondary N) is 1. The fourth-order valence-corrected chi connectivity index (χ4v) is 4.78. The molecule has 7 nitrogen and oxygen atoms in total. The molecule has 2 N–H and O–H groups in total. The number of alkyl halides is 1.